The van der Waals surface area contributed by atoms with Gasteiger partial charge >= 0.3 is 0 Å². The standard InChI is InChI=1S/C22H27ClN4O2/c1-16(2)27-15-25-26-22(27)10-11-24-13-18-6-9-20(21(12-18)28-3)29-14-17-4-7-19(23)8-5-17/h4-9,12,15-16,24H,10-11,13-14H2,1-3H3. The summed E-state index contributed by atoms with van der Waals surface area (Å²) in [6.45, 7) is 6.28. The number of halogens is 1. The van der Waals surface area contributed by atoms with Crippen LogP contribution >= 0.6 is 11.6 Å². The molecular weight excluding hydrogens is 388 g/mol. The molecule has 1 N–H and O–H groups in total. The highest BCUT2D eigenvalue weighted by Gasteiger charge is 2.08. The van der Waals surface area contributed by atoms with E-state index in [1.165, 1.54) is 0 Å². The molecule has 2 aromatic carbocycles. The Labute approximate surface area is 176 Å². The summed E-state index contributed by atoms with van der Waals surface area (Å²) in [6.07, 6.45) is 2.62. The lowest BCUT2D eigenvalue weighted by Crippen LogP contribution is -2.19. The molecule has 0 fully saturated rings. The fourth-order valence-electron chi connectivity index (χ4n) is 2.99. The van der Waals surface area contributed by atoms with Gasteiger partial charge in [-0.15, -0.1) is 10.2 Å². The summed E-state index contributed by atoms with van der Waals surface area (Å²) in [5.74, 6) is 2.44. The molecule has 0 aliphatic heterocycles. The minimum absolute atomic E-state index is 0.365. The molecular formula is C22H27ClN4O2. The van der Waals surface area contributed by atoms with Crippen molar-refractivity contribution >= 4 is 11.6 Å². The van der Waals surface area contributed by atoms with Crippen molar-refractivity contribution in [1.29, 1.82) is 0 Å². The second kappa shape index (κ2) is 10.3. The van der Waals surface area contributed by atoms with Crippen LogP contribution in [0.1, 0.15) is 36.8 Å². The topological polar surface area (TPSA) is 61.2 Å². The van der Waals surface area contributed by atoms with E-state index < -0.39 is 0 Å². The molecule has 0 saturated heterocycles. The first-order valence-corrected chi connectivity index (χ1v) is 10.1. The van der Waals surface area contributed by atoms with E-state index in [0.29, 0.717) is 17.7 Å². The van der Waals surface area contributed by atoms with Crippen LogP contribution in [0.4, 0.5) is 0 Å². The van der Waals surface area contributed by atoms with E-state index in [0.717, 1.165) is 48.0 Å². The summed E-state index contributed by atoms with van der Waals surface area (Å²) in [5.41, 5.74) is 2.18. The van der Waals surface area contributed by atoms with Gasteiger partial charge in [0.15, 0.2) is 11.5 Å². The van der Waals surface area contributed by atoms with E-state index in [4.69, 9.17) is 21.1 Å². The molecule has 0 spiro atoms. The van der Waals surface area contributed by atoms with Crippen molar-refractivity contribution in [1.82, 2.24) is 20.1 Å². The monoisotopic (exact) mass is 414 g/mol. The molecule has 0 aliphatic carbocycles. The molecule has 0 bridgehead atoms. The zero-order valence-electron chi connectivity index (χ0n) is 17.1. The number of aromatic nitrogens is 3. The number of nitrogens with zero attached hydrogens (tertiary/aromatic N) is 3. The molecule has 154 valence electrons. The largest absolute Gasteiger partial charge is 0.493 e. The van der Waals surface area contributed by atoms with E-state index >= 15 is 0 Å². The van der Waals surface area contributed by atoms with Gasteiger partial charge in [-0.2, -0.15) is 0 Å². The van der Waals surface area contributed by atoms with E-state index in [-0.39, 0.29) is 0 Å². The first kappa shape index (κ1) is 21.1. The van der Waals surface area contributed by atoms with Crippen LogP contribution in [-0.2, 0) is 19.6 Å². The van der Waals surface area contributed by atoms with E-state index in [9.17, 15) is 0 Å². The second-order valence-corrected chi connectivity index (χ2v) is 7.51. The first-order valence-electron chi connectivity index (χ1n) is 9.70. The Balaban J connectivity index is 1.51. The third-order valence-corrected chi connectivity index (χ3v) is 4.85. The van der Waals surface area contributed by atoms with Crippen LogP contribution in [0.3, 0.4) is 0 Å². The minimum atomic E-state index is 0.365. The van der Waals surface area contributed by atoms with Crippen molar-refractivity contribution in [2.75, 3.05) is 13.7 Å². The predicted octanol–water partition coefficient (Wildman–Crippen LogP) is 4.43. The highest BCUT2D eigenvalue weighted by molar-refractivity contribution is 6.30. The number of benzene rings is 2. The maximum absolute atomic E-state index is 5.92. The highest BCUT2D eigenvalue weighted by Crippen LogP contribution is 2.29. The Morgan fingerprint density at radius 1 is 1.07 bits per heavy atom. The lowest BCUT2D eigenvalue weighted by molar-refractivity contribution is 0.284. The molecule has 0 amide bonds. The molecule has 1 heterocycles. The van der Waals surface area contributed by atoms with Crippen LogP contribution in [0.25, 0.3) is 0 Å². The van der Waals surface area contributed by atoms with Crippen molar-refractivity contribution in [2.24, 2.45) is 0 Å². The van der Waals surface area contributed by atoms with Crippen LogP contribution in [0.5, 0.6) is 11.5 Å². The quantitative estimate of drug-likeness (QED) is 0.497. The van der Waals surface area contributed by atoms with Crippen LogP contribution in [0, 0.1) is 0 Å². The summed E-state index contributed by atoms with van der Waals surface area (Å²) in [5, 5.41) is 12.4. The zero-order chi connectivity index (χ0) is 20.6. The lowest BCUT2D eigenvalue weighted by Gasteiger charge is -2.13. The Morgan fingerprint density at radius 3 is 2.55 bits per heavy atom. The molecule has 0 saturated carbocycles. The molecule has 0 aliphatic rings. The highest BCUT2D eigenvalue weighted by atomic mass is 35.5. The fourth-order valence-corrected chi connectivity index (χ4v) is 3.12. The second-order valence-electron chi connectivity index (χ2n) is 7.08. The molecule has 6 nitrogen and oxygen atoms in total. The van der Waals surface area contributed by atoms with Crippen molar-refractivity contribution in [2.45, 2.75) is 39.5 Å². The van der Waals surface area contributed by atoms with Gasteiger partial charge in [-0.1, -0.05) is 29.8 Å². The fraction of sp³-hybridized carbons (Fsp3) is 0.364. The van der Waals surface area contributed by atoms with Gasteiger partial charge < -0.3 is 19.4 Å². The summed E-state index contributed by atoms with van der Waals surface area (Å²) < 4.78 is 13.5. The van der Waals surface area contributed by atoms with Gasteiger partial charge in [-0.05, 0) is 49.2 Å². The first-order chi connectivity index (χ1) is 14.1. The maximum Gasteiger partial charge on any atom is 0.161 e. The van der Waals surface area contributed by atoms with Crippen LogP contribution in [0.2, 0.25) is 5.02 Å². The summed E-state index contributed by atoms with van der Waals surface area (Å²) in [6, 6.07) is 14.0. The maximum atomic E-state index is 5.92. The van der Waals surface area contributed by atoms with Gasteiger partial charge in [0.05, 0.1) is 7.11 Å². The van der Waals surface area contributed by atoms with Gasteiger partial charge in [0.1, 0.15) is 18.8 Å². The Bertz CT molecular complexity index is 909. The molecule has 1 aromatic heterocycles. The smallest absolute Gasteiger partial charge is 0.161 e. The van der Waals surface area contributed by atoms with Gasteiger partial charge in [0, 0.05) is 30.6 Å². The Kier molecular flexibility index (Phi) is 7.49. The minimum Gasteiger partial charge on any atom is -0.493 e. The third-order valence-electron chi connectivity index (χ3n) is 4.59. The summed E-state index contributed by atoms with van der Waals surface area (Å²) in [7, 11) is 1.65. The van der Waals surface area contributed by atoms with Crippen LogP contribution < -0.4 is 14.8 Å². The van der Waals surface area contributed by atoms with Crippen molar-refractivity contribution in [3.05, 3.63) is 70.8 Å². The Morgan fingerprint density at radius 2 is 1.83 bits per heavy atom. The normalized spacial score (nSPS) is 11.1. The van der Waals surface area contributed by atoms with Gasteiger partial charge in [-0.25, -0.2) is 0 Å². The zero-order valence-corrected chi connectivity index (χ0v) is 17.8. The van der Waals surface area contributed by atoms with E-state index in [2.05, 4.69) is 33.9 Å². The number of rotatable bonds is 10. The average Bonchev–Trinajstić information content (AvgIpc) is 3.20. The number of ether oxygens (including phenoxy) is 2. The van der Waals surface area contributed by atoms with Crippen LogP contribution in [0.15, 0.2) is 48.8 Å². The number of nitrogens with one attached hydrogen (secondary N) is 1. The average molecular weight is 415 g/mol. The molecule has 29 heavy (non-hydrogen) atoms. The predicted molar refractivity (Wildman–Crippen MR) is 115 cm³/mol. The molecule has 3 rings (SSSR count). The molecule has 0 atom stereocenters. The SMILES string of the molecule is COc1cc(CNCCc2nncn2C(C)C)ccc1OCc1ccc(Cl)cc1. The molecule has 7 heteroatoms. The summed E-state index contributed by atoms with van der Waals surface area (Å²) >= 11 is 5.92. The summed E-state index contributed by atoms with van der Waals surface area (Å²) in [4.78, 5) is 0. The number of methoxy groups -OCH3 is 1. The van der Waals surface area contributed by atoms with Crippen molar-refractivity contribution in [3.8, 4) is 11.5 Å². The van der Waals surface area contributed by atoms with Crippen LogP contribution in [-0.4, -0.2) is 28.4 Å². The van der Waals surface area contributed by atoms with E-state index in [1.54, 1.807) is 13.4 Å². The van der Waals surface area contributed by atoms with Crippen molar-refractivity contribution in [3.63, 3.8) is 0 Å². The lowest BCUT2D eigenvalue weighted by atomic mass is 10.2. The molecule has 0 radical (unpaired) electrons. The van der Waals surface area contributed by atoms with E-state index in [1.807, 2.05) is 42.5 Å². The molecule has 0 unspecified atom stereocenters. The van der Waals surface area contributed by atoms with Crippen molar-refractivity contribution < 1.29 is 9.47 Å². The van der Waals surface area contributed by atoms with Gasteiger partial charge in [0.25, 0.3) is 0 Å². The number of hydrogen-bond donors (Lipinski definition) is 1. The number of hydrogen-bond acceptors (Lipinski definition) is 5. The Hall–Kier alpha value is -2.57. The molecule has 3 aromatic rings. The third kappa shape index (κ3) is 5.95. The van der Waals surface area contributed by atoms with Gasteiger partial charge in [0.2, 0.25) is 0 Å². The van der Waals surface area contributed by atoms with Gasteiger partial charge in [-0.3, -0.25) is 0 Å².